The maximum atomic E-state index is 5.48. The largest absolute Gasteiger partial charge is 0.497 e. The number of ether oxygens (including phenoxy) is 2. The highest BCUT2D eigenvalue weighted by molar-refractivity contribution is 7.80. The highest BCUT2D eigenvalue weighted by Gasteiger charge is 2.14. The predicted molar refractivity (Wildman–Crippen MR) is 103 cm³/mol. The Morgan fingerprint density at radius 3 is 2.50 bits per heavy atom. The SMILES string of the molecule is CC[C@@H](NC(=S)Nc1ccc(OC)cc1OC)c1ccccc1C. The smallest absolute Gasteiger partial charge is 0.171 e. The molecule has 5 heteroatoms. The second kappa shape index (κ2) is 8.55. The van der Waals surface area contributed by atoms with Crippen LogP contribution in [0.3, 0.4) is 0 Å². The topological polar surface area (TPSA) is 42.5 Å². The maximum absolute atomic E-state index is 5.48. The van der Waals surface area contributed by atoms with E-state index in [9.17, 15) is 0 Å². The first kappa shape index (κ1) is 18.1. The summed E-state index contributed by atoms with van der Waals surface area (Å²) in [5, 5.41) is 7.16. The molecule has 0 heterocycles. The van der Waals surface area contributed by atoms with Crippen molar-refractivity contribution in [1.82, 2.24) is 5.32 Å². The molecule has 0 aliphatic rings. The Kier molecular flexibility index (Phi) is 6.44. The Morgan fingerprint density at radius 1 is 1.12 bits per heavy atom. The van der Waals surface area contributed by atoms with Gasteiger partial charge in [0.1, 0.15) is 11.5 Å². The summed E-state index contributed by atoms with van der Waals surface area (Å²) in [4.78, 5) is 0. The van der Waals surface area contributed by atoms with Gasteiger partial charge in [-0.2, -0.15) is 0 Å². The third-order valence-electron chi connectivity index (χ3n) is 3.93. The number of nitrogens with one attached hydrogen (secondary N) is 2. The van der Waals surface area contributed by atoms with E-state index < -0.39 is 0 Å². The van der Waals surface area contributed by atoms with Crippen LogP contribution in [0, 0.1) is 6.92 Å². The molecular weight excluding hydrogens is 320 g/mol. The number of methoxy groups -OCH3 is 2. The maximum Gasteiger partial charge on any atom is 0.171 e. The molecule has 2 rings (SSSR count). The van der Waals surface area contributed by atoms with E-state index >= 15 is 0 Å². The van der Waals surface area contributed by atoms with Gasteiger partial charge in [0.2, 0.25) is 0 Å². The third kappa shape index (κ3) is 4.38. The van der Waals surface area contributed by atoms with E-state index in [0.717, 1.165) is 17.9 Å². The Bertz CT molecular complexity index is 704. The second-order valence-electron chi connectivity index (χ2n) is 5.48. The summed E-state index contributed by atoms with van der Waals surface area (Å²) in [5.74, 6) is 1.42. The van der Waals surface area contributed by atoms with Crippen LogP contribution in [0.15, 0.2) is 42.5 Å². The molecule has 4 nitrogen and oxygen atoms in total. The summed E-state index contributed by atoms with van der Waals surface area (Å²) in [5.41, 5.74) is 3.31. The predicted octanol–water partition coefficient (Wildman–Crippen LogP) is 4.45. The lowest BCUT2D eigenvalue weighted by molar-refractivity contribution is 0.395. The van der Waals surface area contributed by atoms with Crippen molar-refractivity contribution in [3.05, 3.63) is 53.6 Å². The Morgan fingerprint density at radius 2 is 1.88 bits per heavy atom. The van der Waals surface area contributed by atoms with Crippen LogP contribution < -0.4 is 20.1 Å². The summed E-state index contributed by atoms with van der Waals surface area (Å²) in [6.07, 6.45) is 0.937. The molecule has 2 aromatic carbocycles. The molecule has 0 saturated heterocycles. The monoisotopic (exact) mass is 344 g/mol. The summed E-state index contributed by atoms with van der Waals surface area (Å²) >= 11 is 5.48. The van der Waals surface area contributed by atoms with Crippen LogP contribution in [0.1, 0.15) is 30.5 Å². The molecule has 0 unspecified atom stereocenters. The minimum atomic E-state index is 0.162. The van der Waals surface area contributed by atoms with Gasteiger partial charge < -0.3 is 20.1 Å². The minimum absolute atomic E-state index is 0.162. The molecule has 0 fully saturated rings. The van der Waals surface area contributed by atoms with E-state index in [1.54, 1.807) is 14.2 Å². The summed E-state index contributed by atoms with van der Waals surface area (Å²) in [6, 6.07) is 14.1. The lowest BCUT2D eigenvalue weighted by Gasteiger charge is -2.22. The van der Waals surface area contributed by atoms with Crippen molar-refractivity contribution in [2.24, 2.45) is 0 Å². The number of aryl methyl sites for hydroxylation is 1. The molecule has 1 atom stereocenters. The first-order valence-corrected chi connectivity index (χ1v) is 8.35. The quantitative estimate of drug-likeness (QED) is 0.758. The van der Waals surface area contributed by atoms with Crippen molar-refractivity contribution in [3.63, 3.8) is 0 Å². The van der Waals surface area contributed by atoms with E-state index in [1.807, 2.05) is 24.3 Å². The van der Waals surface area contributed by atoms with Crippen LogP contribution in [-0.2, 0) is 0 Å². The number of anilines is 1. The summed E-state index contributed by atoms with van der Waals surface area (Å²) < 4.78 is 10.6. The van der Waals surface area contributed by atoms with Crippen molar-refractivity contribution in [3.8, 4) is 11.5 Å². The highest BCUT2D eigenvalue weighted by atomic mass is 32.1. The van der Waals surface area contributed by atoms with E-state index in [-0.39, 0.29) is 6.04 Å². The fraction of sp³-hybridized carbons (Fsp3) is 0.316. The van der Waals surface area contributed by atoms with Gasteiger partial charge in [-0.3, -0.25) is 0 Å². The van der Waals surface area contributed by atoms with Gasteiger partial charge in [-0.15, -0.1) is 0 Å². The molecular formula is C19H24N2O2S. The normalized spacial score (nSPS) is 11.5. The lowest BCUT2D eigenvalue weighted by atomic mass is 10.00. The third-order valence-corrected chi connectivity index (χ3v) is 4.15. The van der Waals surface area contributed by atoms with Crippen LogP contribution >= 0.6 is 12.2 Å². The van der Waals surface area contributed by atoms with Gasteiger partial charge in [-0.25, -0.2) is 0 Å². The average molecular weight is 344 g/mol. The molecule has 0 radical (unpaired) electrons. The van der Waals surface area contributed by atoms with Crippen molar-refractivity contribution < 1.29 is 9.47 Å². The van der Waals surface area contributed by atoms with E-state index in [1.165, 1.54) is 11.1 Å². The van der Waals surface area contributed by atoms with Crippen molar-refractivity contribution in [1.29, 1.82) is 0 Å². The van der Waals surface area contributed by atoms with Gasteiger partial charge in [0, 0.05) is 6.07 Å². The zero-order valence-electron chi connectivity index (χ0n) is 14.6. The molecule has 0 spiro atoms. The molecule has 0 aromatic heterocycles. The molecule has 0 amide bonds. The molecule has 0 aliphatic carbocycles. The molecule has 0 aliphatic heterocycles. The van der Waals surface area contributed by atoms with Gasteiger partial charge >= 0.3 is 0 Å². The van der Waals surface area contributed by atoms with Crippen LogP contribution in [0.5, 0.6) is 11.5 Å². The molecule has 2 aromatic rings. The van der Waals surface area contributed by atoms with Crippen LogP contribution in [0.25, 0.3) is 0 Å². The van der Waals surface area contributed by atoms with Gasteiger partial charge in [-0.05, 0) is 48.8 Å². The van der Waals surface area contributed by atoms with Crippen molar-refractivity contribution in [2.75, 3.05) is 19.5 Å². The molecule has 24 heavy (non-hydrogen) atoms. The number of thiocarbonyl (C=S) groups is 1. The van der Waals surface area contributed by atoms with Crippen molar-refractivity contribution in [2.45, 2.75) is 26.3 Å². The first-order valence-electron chi connectivity index (χ1n) is 7.94. The summed E-state index contributed by atoms with van der Waals surface area (Å²) in [6.45, 7) is 4.25. The zero-order valence-corrected chi connectivity index (χ0v) is 15.4. The zero-order chi connectivity index (χ0) is 17.5. The van der Waals surface area contributed by atoms with Crippen LogP contribution in [0.2, 0.25) is 0 Å². The Hall–Kier alpha value is -2.27. The average Bonchev–Trinajstić information content (AvgIpc) is 2.60. The highest BCUT2D eigenvalue weighted by Crippen LogP contribution is 2.29. The Labute approximate surface area is 149 Å². The lowest BCUT2D eigenvalue weighted by Crippen LogP contribution is -2.32. The molecule has 128 valence electrons. The van der Waals surface area contributed by atoms with E-state index in [4.69, 9.17) is 21.7 Å². The fourth-order valence-electron chi connectivity index (χ4n) is 2.60. The number of hydrogen-bond donors (Lipinski definition) is 2. The van der Waals surface area contributed by atoms with Gasteiger partial charge in [0.15, 0.2) is 5.11 Å². The number of hydrogen-bond acceptors (Lipinski definition) is 3. The summed E-state index contributed by atoms with van der Waals surface area (Å²) in [7, 11) is 3.25. The molecule has 0 saturated carbocycles. The standard InChI is InChI=1S/C19H24N2O2S/c1-5-16(15-9-7-6-8-13(15)2)20-19(24)21-17-11-10-14(22-3)12-18(17)23-4/h6-12,16H,5H2,1-4H3,(H2,20,21,24)/t16-/m1/s1. The molecule has 0 bridgehead atoms. The number of benzene rings is 2. The van der Waals surface area contributed by atoms with Gasteiger partial charge in [0.05, 0.1) is 25.9 Å². The van der Waals surface area contributed by atoms with Crippen LogP contribution in [-0.4, -0.2) is 19.3 Å². The first-order chi connectivity index (χ1) is 11.6. The van der Waals surface area contributed by atoms with Gasteiger partial charge in [-0.1, -0.05) is 31.2 Å². The van der Waals surface area contributed by atoms with Crippen molar-refractivity contribution >= 4 is 23.0 Å². The second-order valence-corrected chi connectivity index (χ2v) is 5.89. The Balaban J connectivity index is 2.11. The molecule has 2 N–H and O–H groups in total. The van der Waals surface area contributed by atoms with Gasteiger partial charge in [0.25, 0.3) is 0 Å². The van der Waals surface area contributed by atoms with E-state index in [2.05, 4.69) is 42.7 Å². The number of rotatable bonds is 6. The van der Waals surface area contributed by atoms with E-state index in [0.29, 0.717) is 10.9 Å². The van der Waals surface area contributed by atoms with Crippen LogP contribution in [0.4, 0.5) is 5.69 Å². The minimum Gasteiger partial charge on any atom is -0.497 e. The fourth-order valence-corrected chi connectivity index (χ4v) is 2.85.